The molecule has 0 fully saturated rings. The summed E-state index contributed by atoms with van der Waals surface area (Å²) in [6.45, 7) is 4.80. The van der Waals surface area contributed by atoms with Crippen LogP contribution in [0.2, 0.25) is 0 Å². The molecule has 4 nitrogen and oxygen atoms in total. The van der Waals surface area contributed by atoms with Crippen LogP contribution >= 0.6 is 11.3 Å². The molecule has 6 heteroatoms. The molecule has 2 aromatic rings. The summed E-state index contributed by atoms with van der Waals surface area (Å²) in [5.41, 5.74) is 0.572. The second-order valence-corrected chi connectivity index (χ2v) is 7.81. The van der Waals surface area contributed by atoms with Gasteiger partial charge < -0.3 is 5.32 Å². The van der Waals surface area contributed by atoms with E-state index in [1.807, 2.05) is 12.1 Å². The standard InChI is InChI=1S/C14H18N2O2S2/c1-11(2)15-10-13-8-9-14(19-13)20(17,18)16-12-6-4-3-5-7-12/h3-9,11,15-16H,10H2,1-2H3. The highest BCUT2D eigenvalue weighted by Crippen LogP contribution is 2.24. The molecule has 2 rings (SSSR count). The van der Waals surface area contributed by atoms with Gasteiger partial charge in [-0.1, -0.05) is 32.0 Å². The summed E-state index contributed by atoms with van der Waals surface area (Å²) in [5.74, 6) is 0. The molecule has 0 bridgehead atoms. The minimum Gasteiger partial charge on any atom is -0.310 e. The van der Waals surface area contributed by atoms with E-state index in [-0.39, 0.29) is 0 Å². The number of para-hydroxylation sites is 1. The largest absolute Gasteiger partial charge is 0.310 e. The number of hydrogen-bond donors (Lipinski definition) is 2. The Balaban J connectivity index is 2.10. The van der Waals surface area contributed by atoms with Gasteiger partial charge in [-0.3, -0.25) is 4.72 Å². The van der Waals surface area contributed by atoms with Gasteiger partial charge in [0.25, 0.3) is 10.0 Å². The van der Waals surface area contributed by atoms with E-state index in [0.29, 0.717) is 22.5 Å². The SMILES string of the molecule is CC(C)NCc1ccc(S(=O)(=O)Nc2ccccc2)s1. The Hall–Kier alpha value is -1.37. The Morgan fingerprint density at radius 3 is 2.45 bits per heavy atom. The number of anilines is 1. The predicted octanol–water partition coefficient (Wildman–Crippen LogP) is 3.05. The normalized spacial score (nSPS) is 11.8. The topological polar surface area (TPSA) is 58.2 Å². The van der Waals surface area contributed by atoms with Crippen molar-refractivity contribution in [3.63, 3.8) is 0 Å². The zero-order valence-corrected chi connectivity index (χ0v) is 13.1. The van der Waals surface area contributed by atoms with Gasteiger partial charge in [0.15, 0.2) is 0 Å². The number of benzene rings is 1. The lowest BCUT2D eigenvalue weighted by Crippen LogP contribution is -2.21. The fourth-order valence-corrected chi connectivity index (χ4v) is 3.98. The van der Waals surface area contributed by atoms with E-state index in [0.717, 1.165) is 4.88 Å². The van der Waals surface area contributed by atoms with Crippen LogP contribution in [0, 0.1) is 0 Å². The molecule has 0 spiro atoms. The molecule has 0 saturated heterocycles. The predicted molar refractivity (Wildman–Crippen MR) is 83.5 cm³/mol. The molecule has 1 aromatic carbocycles. The molecule has 0 unspecified atom stereocenters. The van der Waals surface area contributed by atoms with E-state index in [9.17, 15) is 8.42 Å². The first-order chi connectivity index (χ1) is 9.47. The highest BCUT2D eigenvalue weighted by Gasteiger charge is 2.16. The van der Waals surface area contributed by atoms with Crippen molar-refractivity contribution >= 4 is 27.0 Å². The van der Waals surface area contributed by atoms with Crippen LogP contribution < -0.4 is 10.0 Å². The summed E-state index contributed by atoms with van der Waals surface area (Å²) in [4.78, 5) is 1.01. The molecule has 1 aromatic heterocycles. The molecule has 0 aliphatic heterocycles. The monoisotopic (exact) mass is 310 g/mol. The zero-order chi connectivity index (χ0) is 14.6. The highest BCUT2D eigenvalue weighted by molar-refractivity contribution is 7.94. The van der Waals surface area contributed by atoms with Crippen LogP contribution in [0.5, 0.6) is 0 Å². The first kappa shape index (κ1) is 15.0. The molecule has 0 radical (unpaired) electrons. The van der Waals surface area contributed by atoms with E-state index in [4.69, 9.17) is 0 Å². The van der Waals surface area contributed by atoms with Gasteiger partial charge in [0.05, 0.1) is 0 Å². The maximum atomic E-state index is 12.2. The zero-order valence-electron chi connectivity index (χ0n) is 11.5. The molecule has 0 aliphatic carbocycles. The molecule has 0 aliphatic rings. The average molecular weight is 310 g/mol. The van der Waals surface area contributed by atoms with Crippen LogP contribution in [0.15, 0.2) is 46.7 Å². The van der Waals surface area contributed by atoms with E-state index < -0.39 is 10.0 Å². The van der Waals surface area contributed by atoms with E-state index in [2.05, 4.69) is 23.9 Å². The fourth-order valence-electron chi connectivity index (χ4n) is 1.61. The maximum absolute atomic E-state index is 12.2. The Bertz CT molecular complexity index is 649. The summed E-state index contributed by atoms with van der Waals surface area (Å²) >= 11 is 1.29. The lowest BCUT2D eigenvalue weighted by molar-refractivity contribution is 0.593. The van der Waals surface area contributed by atoms with Crippen LogP contribution in [0.1, 0.15) is 18.7 Å². The van der Waals surface area contributed by atoms with E-state index >= 15 is 0 Å². The Labute approximate surface area is 123 Å². The minimum atomic E-state index is -3.49. The number of thiophene rings is 1. The van der Waals surface area contributed by atoms with Gasteiger partial charge in [-0.15, -0.1) is 11.3 Å². The molecule has 1 heterocycles. The highest BCUT2D eigenvalue weighted by atomic mass is 32.2. The summed E-state index contributed by atoms with van der Waals surface area (Å²) in [6, 6.07) is 12.8. The third kappa shape index (κ3) is 4.06. The van der Waals surface area contributed by atoms with Crippen LogP contribution in [-0.2, 0) is 16.6 Å². The van der Waals surface area contributed by atoms with Crippen molar-refractivity contribution in [3.8, 4) is 0 Å². The second-order valence-electron chi connectivity index (χ2n) is 4.73. The second kappa shape index (κ2) is 6.39. The first-order valence-corrected chi connectivity index (χ1v) is 8.67. The lowest BCUT2D eigenvalue weighted by Gasteiger charge is -2.06. The third-order valence-corrected chi connectivity index (χ3v) is 5.57. The Morgan fingerprint density at radius 1 is 1.10 bits per heavy atom. The first-order valence-electron chi connectivity index (χ1n) is 6.37. The fraction of sp³-hybridized carbons (Fsp3) is 0.286. The van der Waals surface area contributed by atoms with Gasteiger partial charge >= 0.3 is 0 Å². The van der Waals surface area contributed by atoms with Crippen molar-refractivity contribution < 1.29 is 8.42 Å². The Morgan fingerprint density at radius 2 is 1.80 bits per heavy atom. The Kier molecular flexibility index (Phi) is 4.80. The lowest BCUT2D eigenvalue weighted by atomic mass is 10.3. The van der Waals surface area contributed by atoms with E-state index in [1.54, 1.807) is 30.3 Å². The smallest absolute Gasteiger partial charge is 0.271 e. The van der Waals surface area contributed by atoms with Crippen molar-refractivity contribution in [1.29, 1.82) is 0 Å². The van der Waals surface area contributed by atoms with Gasteiger partial charge in [0.1, 0.15) is 4.21 Å². The molecule has 0 saturated carbocycles. The molecule has 108 valence electrons. The van der Waals surface area contributed by atoms with Crippen molar-refractivity contribution in [2.24, 2.45) is 0 Å². The van der Waals surface area contributed by atoms with Gasteiger partial charge in [-0.05, 0) is 24.3 Å². The molecule has 0 amide bonds. The number of rotatable bonds is 6. The van der Waals surface area contributed by atoms with Crippen LogP contribution in [0.3, 0.4) is 0 Å². The van der Waals surface area contributed by atoms with Crippen LogP contribution in [0.25, 0.3) is 0 Å². The van der Waals surface area contributed by atoms with Crippen molar-refractivity contribution in [2.75, 3.05) is 4.72 Å². The van der Waals surface area contributed by atoms with E-state index in [1.165, 1.54) is 11.3 Å². The molecule has 0 atom stereocenters. The summed E-state index contributed by atoms with van der Waals surface area (Å²) in [5, 5.41) is 3.27. The van der Waals surface area contributed by atoms with Crippen molar-refractivity contribution in [2.45, 2.75) is 30.6 Å². The van der Waals surface area contributed by atoms with Crippen molar-refractivity contribution in [3.05, 3.63) is 47.3 Å². The maximum Gasteiger partial charge on any atom is 0.271 e. The number of sulfonamides is 1. The van der Waals surface area contributed by atoms with Gasteiger partial charge in [-0.25, -0.2) is 8.42 Å². The molecule has 20 heavy (non-hydrogen) atoms. The summed E-state index contributed by atoms with van der Waals surface area (Å²) < 4.78 is 27.4. The van der Waals surface area contributed by atoms with Gasteiger partial charge in [0.2, 0.25) is 0 Å². The minimum absolute atomic E-state index is 0.335. The van der Waals surface area contributed by atoms with Crippen molar-refractivity contribution in [1.82, 2.24) is 5.32 Å². The van der Waals surface area contributed by atoms with Gasteiger partial charge in [0, 0.05) is 23.2 Å². The summed E-state index contributed by atoms with van der Waals surface area (Å²) in [6.07, 6.45) is 0. The van der Waals surface area contributed by atoms with Crippen LogP contribution in [-0.4, -0.2) is 14.5 Å². The third-order valence-electron chi connectivity index (χ3n) is 2.61. The quantitative estimate of drug-likeness (QED) is 0.862. The summed E-state index contributed by atoms with van der Waals surface area (Å²) in [7, 11) is -3.49. The average Bonchev–Trinajstić information content (AvgIpc) is 2.86. The molecular formula is C14H18N2O2S2. The van der Waals surface area contributed by atoms with Crippen LogP contribution in [0.4, 0.5) is 5.69 Å². The number of hydrogen-bond acceptors (Lipinski definition) is 4. The molecular weight excluding hydrogens is 292 g/mol. The number of nitrogens with one attached hydrogen (secondary N) is 2. The van der Waals surface area contributed by atoms with Gasteiger partial charge in [-0.2, -0.15) is 0 Å². The molecule has 2 N–H and O–H groups in total.